The minimum Gasteiger partial charge on any atom is -0.494 e. The third-order valence-electron chi connectivity index (χ3n) is 3.35. The van der Waals surface area contributed by atoms with Crippen LogP contribution in [0.3, 0.4) is 0 Å². The number of hydrogen-bond donors (Lipinski definition) is 2. The molecule has 2 N–H and O–H groups in total. The van der Waals surface area contributed by atoms with Gasteiger partial charge in [-0.05, 0) is 43.3 Å². The van der Waals surface area contributed by atoms with Gasteiger partial charge >= 0.3 is 0 Å². The Balaban J connectivity index is 1.72. The fourth-order valence-corrected chi connectivity index (χ4v) is 2.26. The lowest BCUT2D eigenvalue weighted by atomic mass is 10.2. The molecule has 3 rings (SSSR count). The quantitative estimate of drug-likeness (QED) is 0.715. The number of hydrogen-bond acceptors (Lipinski definition) is 5. The molecule has 0 aliphatic rings. The minimum atomic E-state index is -0.203. The van der Waals surface area contributed by atoms with Gasteiger partial charge in [0.1, 0.15) is 5.75 Å². The Kier molecular flexibility index (Phi) is 5.21. The Morgan fingerprint density at radius 1 is 1.00 bits per heavy atom. The van der Waals surface area contributed by atoms with E-state index in [9.17, 15) is 4.79 Å². The summed E-state index contributed by atoms with van der Waals surface area (Å²) in [6.45, 7) is 2.49. The third-order valence-corrected chi connectivity index (χ3v) is 3.35. The number of amides is 1. The van der Waals surface area contributed by atoms with Crippen molar-refractivity contribution in [2.75, 3.05) is 17.2 Å². The van der Waals surface area contributed by atoms with Gasteiger partial charge in [0, 0.05) is 35.4 Å². The molecule has 0 saturated heterocycles. The Labute approximate surface area is 145 Å². The molecule has 3 aromatic rings. The Hall–Kier alpha value is -3.41. The number of carbonyl (C=O) groups excluding carboxylic acids is 1. The van der Waals surface area contributed by atoms with Crippen LogP contribution in [0.1, 0.15) is 17.3 Å². The van der Waals surface area contributed by atoms with Gasteiger partial charge < -0.3 is 15.4 Å². The lowest BCUT2D eigenvalue weighted by Crippen LogP contribution is -2.12. The molecule has 0 aliphatic heterocycles. The molecule has 0 bridgehead atoms. The van der Waals surface area contributed by atoms with Crippen LogP contribution < -0.4 is 15.4 Å². The first-order valence-electron chi connectivity index (χ1n) is 7.93. The van der Waals surface area contributed by atoms with Gasteiger partial charge in [-0.2, -0.15) is 0 Å². The fourth-order valence-electron chi connectivity index (χ4n) is 2.26. The van der Waals surface area contributed by atoms with Gasteiger partial charge in [-0.15, -0.1) is 0 Å². The summed E-state index contributed by atoms with van der Waals surface area (Å²) in [4.78, 5) is 20.7. The highest BCUT2D eigenvalue weighted by atomic mass is 16.5. The van der Waals surface area contributed by atoms with E-state index in [2.05, 4.69) is 20.6 Å². The highest BCUT2D eigenvalue weighted by Crippen LogP contribution is 2.19. The summed E-state index contributed by atoms with van der Waals surface area (Å²) in [5.74, 6) is 0.993. The molecule has 0 fully saturated rings. The molecule has 0 saturated carbocycles. The van der Waals surface area contributed by atoms with Crippen LogP contribution in [0.15, 0.2) is 67.0 Å². The van der Waals surface area contributed by atoms with E-state index in [1.165, 1.54) is 0 Å². The number of ether oxygens (including phenoxy) is 1. The second-order valence-electron chi connectivity index (χ2n) is 5.19. The maximum Gasteiger partial charge on any atom is 0.255 e. The second kappa shape index (κ2) is 7.92. The molecule has 126 valence electrons. The van der Waals surface area contributed by atoms with Crippen molar-refractivity contribution in [3.63, 3.8) is 0 Å². The molecule has 1 amide bonds. The SMILES string of the molecule is CCOc1cccc(NC(=O)c2cccc(Nc3ncccn3)c2)c1. The molecule has 1 heterocycles. The molecule has 6 heteroatoms. The number of nitrogens with one attached hydrogen (secondary N) is 2. The van der Waals surface area contributed by atoms with Crippen LogP contribution in [0.4, 0.5) is 17.3 Å². The van der Waals surface area contributed by atoms with E-state index in [4.69, 9.17) is 4.74 Å². The van der Waals surface area contributed by atoms with Gasteiger partial charge in [-0.1, -0.05) is 12.1 Å². The number of rotatable bonds is 6. The standard InChI is InChI=1S/C19H18N4O2/c1-2-25-17-9-4-8-16(13-17)22-18(24)14-6-3-7-15(12-14)23-19-20-10-5-11-21-19/h3-13H,2H2,1H3,(H,22,24)(H,20,21,23). The molecule has 6 nitrogen and oxygen atoms in total. The van der Waals surface area contributed by atoms with E-state index in [0.717, 1.165) is 11.4 Å². The molecule has 0 unspecified atom stereocenters. The van der Waals surface area contributed by atoms with Crippen LogP contribution in [0.2, 0.25) is 0 Å². The van der Waals surface area contributed by atoms with Crippen LogP contribution >= 0.6 is 0 Å². The highest BCUT2D eigenvalue weighted by Gasteiger charge is 2.08. The van der Waals surface area contributed by atoms with Crippen LogP contribution in [0.5, 0.6) is 5.75 Å². The maximum atomic E-state index is 12.5. The first-order valence-corrected chi connectivity index (χ1v) is 7.93. The van der Waals surface area contributed by atoms with Gasteiger partial charge in [0.25, 0.3) is 5.91 Å². The van der Waals surface area contributed by atoms with Gasteiger partial charge in [-0.25, -0.2) is 9.97 Å². The molecule has 0 radical (unpaired) electrons. The highest BCUT2D eigenvalue weighted by molar-refractivity contribution is 6.04. The van der Waals surface area contributed by atoms with E-state index < -0.39 is 0 Å². The average Bonchev–Trinajstić information content (AvgIpc) is 2.63. The van der Waals surface area contributed by atoms with Crippen LogP contribution in [0.25, 0.3) is 0 Å². The number of carbonyl (C=O) groups is 1. The minimum absolute atomic E-state index is 0.203. The van der Waals surface area contributed by atoms with Gasteiger partial charge in [0.2, 0.25) is 5.95 Å². The van der Waals surface area contributed by atoms with E-state index >= 15 is 0 Å². The van der Waals surface area contributed by atoms with Gasteiger partial charge in [-0.3, -0.25) is 4.79 Å². The molecule has 0 spiro atoms. The van der Waals surface area contributed by atoms with Crippen molar-refractivity contribution >= 4 is 23.2 Å². The Morgan fingerprint density at radius 3 is 2.56 bits per heavy atom. The summed E-state index contributed by atoms with van der Waals surface area (Å²) >= 11 is 0. The van der Waals surface area contributed by atoms with Crippen molar-refractivity contribution in [1.82, 2.24) is 9.97 Å². The van der Waals surface area contributed by atoms with Crippen molar-refractivity contribution in [1.29, 1.82) is 0 Å². The van der Waals surface area contributed by atoms with E-state index in [0.29, 0.717) is 23.8 Å². The Morgan fingerprint density at radius 2 is 1.76 bits per heavy atom. The monoisotopic (exact) mass is 334 g/mol. The number of nitrogens with zero attached hydrogens (tertiary/aromatic N) is 2. The van der Waals surface area contributed by atoms with Crippen molar-refractivity contribution in [2.45, 2.75) is 6.92 Å². The number of aromatic nitrogens is 2. The van der Waals surface area contributed by atoms with Crippen LogP contribution in [-0.4, -0.2) is 22.5 Å². The topological polar surface area (TPSA) is 76.1 Å². The number of benzene rings is 2. The molecule has 0 atom stereocenters. The normalized spacial score (nSPS) is 10.1. The molecular weight excluding hydrogens is 316 g/mol. The predicted molar refractivity (Wildman–Crippen MR) is 97.3 cm³/mol. The smallest absolute Gasteiger partial charge is 0.255 e. The van der Waals surface area contributed by atoms with E-state index in [1.54, 1.807) is 42.7 Å². The summed E-state index contributed by atoms with van der Waals surface area (Å²) in [5, 5.41) is 5.94. The Bertz CT molecular complexity index is 853. The van der Waals surface area contributed by atoms with Crippen LogP contribution in [0, 0.1) is 0 Å². The number of anilines is 3. The van der Waals surface area contributed by atoms with Crippen LogP contribution in [-0.2, 0) is 0 Å². The van der Waals surface area contributed by atoms with Gasteiger partial charge in [0.05, 0.1) is 6.61 Å². The molecule has 1 aromatic heterocycles. The van der Waals surface area contributed by atoms with Crippen molar-refractivity contribution in [3.8, 4) is 5.75 Å². The van der Waals surface area contributed by atoms with Crippen molar-refractivity contribution in [2.24, 2.45) is 0 Å². The summed E-state index contributed by atoms with van der Waals surface area (Å²) in [5.41, 5.74) is 1.95. The van der Waals surface area contributed by atoms with Gasteiger partial charge in [0.15, 0.2) is 0 Å². The largest absolute Gasteiger partial charge is 0.494 e. The first kappa shape index (κ1) is 16.4. The second-order valence-corrected chi connectivity index (χ2v) is 5.19. The fraction of sp³-hybridized carbons (Fsp3) is 0.105. The van der Waals surface area contributed by atoms with E-state index in [-0.39, 0.29) is 5.91 Å². The lowest BCUT2D eigenvalue weighted by molar-refractivity contribution is 0.102. The molecule has 0 aliphatic carbocycles. The first-order chi connectivity index (χ1) is 12.2. The van der Waals surface area contributed by atoms with Crippen molar-refractivity contribution < 1.29 is 9.53 Å². The summed E-state index contributed by atoms with van der Waals surface area (Å²) in [6.07, 6.45) is 3.30. The summed E-state index contributed by atoms with van der Waals surface area (Å²) < 4.78 is 5.44. The maximum absolute atomic E-state index is 12.5. The zero-order valence-corrected chi connectivity index (χ0v) is 13.8. The third kappa shape index (κ3) is 4.54. The average molecular weight is 334 g/mol. The van der Waals surface area contributed by atoms with E-state index in [1.807, 2.05) is 31.2 Å². The zero-order valence-electron chi connectivity index (χ0n) is 13.8. The van der Waals surface area contributed by atoms with Crippen molar-refractivity contribution in [3.05, 3.63) is 72.6 Å². The lowest BCUT2D eigenvalue weighted by Gasteiger charge is -2.09. The predicted octanol–water partition coefficient (Wildman–Crippen LogP) is 3.87. The molecule has 2 aromatic carbocycles. The summed E-state index contributed by atoms with van der Waals surface area (Å²) in [7, 11) is 0. The molecular formula is C19H18N4O2. The zero-order chi connectivity index (χ0) is 17.5. The molecule has 25 heavy (non-hydrogen) atoms. The summed E-state index contributed by atoms with van der Waals surface area (Å²) in [6, 6.07) is 16.2.